The van der Waals surface area contributed by atoms with Crippen molar-refractivity contribution in [1.82, 2.24) is 14.6 Å². The van der Waals surface area contributed by atoms with Gasteiger partial charge in [0.1, 0.15) is 11.3 Å². The van der Waals surface area contributed by atoms with Crippen LogP contribution < -0.4 is 10.3 Å². The number of hydrogen-bond acceptors (Lipinski definition) is 9. The first kappa shape index (κ1) is 27.3. The van der Waals surface area contributed by atoms with E-state index in [0.29, 0.717) is 48.5 Å². The molecule has 1 saturated heterocycles. The molecule has 0 spiro atoms. The van der Waals surface area contributed by atoms with Gasteiger partial charge in [-0.25, -0.2) is 4.98 Å². The molecule has 0 radical (unpaired) electrons. The fraction of sp³-hybridized carbons (Fsp3) is 0.172. The van der Waals surface area contributed by atoms with Gasteiger partial charge in [-0.05, 0) is 42.5 Å². The first-order chi connectivity index (χ1) is 20.4. The second kappa shape index (κ2) is 11.5. The number of furan rings is 1. The molecule has 0 saturated carbocycles. The van der Waals surface area contributed by atoms with Crippen molar-refractivity contribution in [3.05, 3.63) is 97.2 Å². The normalized spacial score (nSPS) is 13.7. The molecule has 0 aliphatic carbocycles. The summed E-state index contributed by atoms with van der Waals surface area (Å²) in [4.78, 5) is 43.5. The molecule has 1 aliphatic rings. The summed E-state index contributed by atoms with van der Waals surface area (Å²) in [7, 11) is 0. The van der Waals surface area contributed by atoms with Gasteiger partial charge in [-0.2, -0.15) is 9.78 Å². The molecule has 0 atom stereocenters. The number of nitro groups is 1. The summed E-state index contributed by atoms with van der Waals surface area (Å²) in [5, 5.41) is 17.0. The molecule has 6 rings (SSSR count). The number of non-ortho nitro benzene ring substituents is 1. The number of amides is 1. The number of nitro benzene ring substituents is 1. The number of carbonyl (C=O) groups is 1. The van der Waals surface area contributed by atoms with Crippen molar-refractivity contribution in [2.75, 3.05) is 32.9 Å². The van der Waals surface area contributed by atoms with Gasteiger partial charge in [0.15, 0.2) is 12.4 Å². The highest BCUT2D eigenvalue weighted by Gasteiger charge is 2.20. The molecule has 0 unspecified atom stereocenters. The van der Waals surface area contributed by atoms with Crippen molar-refractivity contribution in [1.29, 1.82) is 0 Å². The molecule has 0 N–H and O–H groups in total. The number of ether oxygens (including phenoxy) is 2. The van der Waals surface area contributed by atoms with Gasteiger partial charge < -0.3 is 18.8 Å². The molecular weight excluding hydrogens is 610 g/mol. The van der Waals surface area contributed by atoms with E-state index in [0.717, 1.165) is 14.5 Å². The number of fused-ring (bicyclic) bond motifs is 2. The molecule has 212 valence electrons. The second-order valence-corrected chi connectivity index (χ2v) is 10.3. The monoisotopic (exact) mass is 631 g/mol. The summed E-state index contributed by atoms with van der Waals surface area (Å²) in [6.07, 6.45) is 1.27. The number of aromatic nitrogens is 2. The van der Waals surface area contributed by atoms with Gasteiger partial charge in [-0.3, -0.25) is 19.7 Å². The number of carbonyl (C=O) groups excluding carboxylic acids is 1. The van der Waals surface area contributed by atoms with Crippen molar-refractivity contribution >= 4 is 55.6 Å². The highest BCUT2D eigenvalue weighted by molar-refractivity contribution is 9.10. The summed E-state index contributed by atoms with van der Waals surface area (Å²) >= 11 is 3.45. The number of para-hydroxylation sites is 1. The van der Waals surface area contributed by atoms with E-state index in [9.17, 15) is 19.7 Å². The zero-order valence-corrected chi connectivity index (χ0v) is 23.5. The number of halogens is 1. The van der Waals surface area contributed by atoms with Crippen LogP contribution in [0.4, 0.5) is 5.69 Å². The fourth-order valence-corrected chi connectivity index (χ4v) is 4.94. The van der Waals surface area contributed by atoms with Crippen LogP contribution in [-0.4, -0.2) is 64.5 Å². The lowest BCUT2D eigenvalue weighted by Gasteiger charge is -2.26. The summed E-state index contributed by atoms with van der Waals surface area (Å²) in [6, 6.07) is 18.0. The van der Waals surface area contributed by atoms with Gasteiger partial charge in [0.05, 0.1) is 35.3 Å². The van der Waals surface area contributed by atoms with Crippen LogP contribution in [0.5, 0.6) is 5.75 Å². The number of rotatable bonds is 7. The summed E-state index contributed by atoms with van der Waals surface area (Å²) in [6.45, 7) is 1.52. The van der Waals surface area contributed by atoms with Crippen molar-refractivity contribution in [2.45, 2.75) is 0 Å². The van der Waals surface area contributed by atoms with Crippen molar-refractivity contribution in [3.8, 4) is 17.3 Å². The van der Waals surface area contributed by atoms with Crippen LogP contribution in [0.3, 0.4) is 0 Å². The minimum absolute atomic E-state index is 0.137. The smallest absolute Gasteiger partial charge is 0.282 e. The lowest BCUT2D eigenvalue weighted by atomic mass is 10.2. The van der Waals surface area contributed by atoms with E-state index in [4.69, 9.17) is 13.9 Å². The summed E-state index contributed by atoms with van der Waals surface area (Å²) in [5.74, 6) is 0.378. The number of hydrogen-bond donors (Lipinski definition) is 0. The Morgan fingerprint density at radius 1 is 1.12 bits per heavy atom. The Morgan fingerprint density at radius 3 is 2.74 bits per heavy atom. The molecular formula is C29H22BrN5O7. The molecule has 3 heterocycles. The minimum Gasteiger partial charge on any atom is -0.483 e. The third kappa shape index (κ3) is 5.51. The van der Waals surface area contributed by atoms with E-state index < -0.39 is 10.5 Å². The predicted octanol–water partition coefficient (Wildman–Crippen LogP) is 4.60. The van der Waals surface area contributed by atoms with E-state index in [1.54, 1.807) is 41.3 Å². The summed E-state index contributed by atoms with van der Waals surface area (Å²) in [5.41, 5.74) is 0.551. The maximum atomic E-state index is 13.6. The Kier molecular flexibility index (Phi) is 7.50. The Hall–Kier alpha value is -4.88. The molecule has 1 amide bonds. The SMILES string of the molecule is O=C(COc1ccc([N+](=O)[O-])cc1C=Nn1c(-c2cc3cc(Br)ccc3o2)nc2ccccc2c1=O)N1CCOCC1. The quantitative estimate of drug-likeness (QED) is 0.144. The average molecular weight is 632 g/mol. The third-order valence-electron chi connectivity index (χ3n) is 6.68. The zero-order chi connectivity index (χ0) is 29.2. The number of morpholine rings is 1. The van der Waals surface area contributed by atoms with Gasteiger partial charge in [-0.15, -0.1) is 0 Å². The van der Waals surface area contributed by atoms with E-state index in [1.165, 1.54) is 24.4 Å². The largest absolute Gasteiger partial charge is 0.483 e. The van der Waals surface area contributed by atoms with Gasteiger partial charge in [-0.1, -0.05) is 28.1 Å². The average Bonchev–Trinajstić information content (AvgIpc) is 3.43. The Balaban J connectivity index is 1.41. The molecule has 2 aromatic heterocycles. The maximum absolute atomic E-state index is 13.6. The molecule has 5 aromatic rings. The second-order valence-electron chi connectivity index (χ2n) is 9.37. The zero-order valence-electron chi connectivity index (χ0n) is 21.9. The maximum Gasteiger partial charge on any atom is 0.282 e. The highest BCUT2D eigenvalue weighted by atomic mass is 79.9. The topological polar surface area (TPSA) is 142 Å². The predicted molar refractivity (Wildman–Crippen MR) is 158 cm³/mol. The Bertz CT molecular complexity index is 1930. The van der Waals surface area contributed by atoms with E-state index >= 15 is 0 Å². The fourth-order valence-electron chi connectivity index (χ4n) is 4.56. The Morgan fingerprint density at radius 2 is 1.93 bits per heavy atom. The lowest BCUT2D eigenvalue weighted by Crippen LogP contribution is -2.43. The van der Waals surface area contributed by atoms with Gasteiger partial charge in [0.2, 0.25) is 5.82 Å². The number of nitrogens with zero attached hydrogens (tertiary/aromatic N) is 5. The first-order valence-electron chi connectivity index (χ1n) is 12.9. The standard InChI is InChI=1S/C29H22BrN5O7/c30-20-5-7-25-18(13-20)15-26(42-25)28-32-23-4-2-1-3-22(23)29(37)34(28)31-16-19-14-21(35(38)39)6-8-24(19)41-17-27(36)33-9-11-40-12-10-33/h1-8,13-16H,9-12,17H2. The van der Waals surface area contributed by atoms with Crippen LogP contribution in [0.2, 0.25) is 0 Å². The highest BCUT2D eigenvalue weighted by Crippen LogP contribution is 2.29. The molecule has 1 fully saturated rings. The van der Waals surface area contributed by atoms with Gasteiger partial charge >= 0.3 is 0 Å². The molecule has 42 heavy (non-hydrogen) atoms. The Labute approximate surface area is 246 Å². The van der Waals surface area contributed by atoms with Crippen molar-refractivity contribution in [2.24, 2.45) is 5.10 Å². The lowest BCUT2D eigenvalue weighted by molar-refractivity contribution is -0.384. The van der Waals surface area contributed by atoms with Crippen LogP contribution in [0, 0.1) is 10.1 Å². The first-order valence-corrected chi connectivity index (χ1v) is 13.7. The van der Waals surface area contributed by atoms with Crippen LogP contribution in [0.15, 0.2) is 85.5 Å². The minimum atomic E-state index is -0.554. The number of benzene rings is 3. The van der Waals surface area contributed by atoms with E-state index in [-0.39, 0.29) is 35.3 Å². The molecule has 3 aromatic carbocycles. The van der Waals surface area contributed by atoms with Crippen molar-refractivity contribution in [3.63, 3.8) is 0 Å². The summed E-state index contributed by atoms with van der Waals surface area (Å²) < 4.78 is 19.0. The molecule has 12 nitrogen and oxygen atoms in total. The van der Waals surface area contributed by atoms with Crippen LogP contribution >= 0.6 is 15.9 Å². The molecule has 0 bridgehead atoms. The molecule has 1 aliphatic heterocycles. The van der Waals surface area contributed by atoms with Crippen LogP contribution in [-0.2, 0) is 9.53 Å². The van der Waals surface area contributed by atoms with Crippen LogP contribution in [0.1, 0.15) is 5.56 Å². The van der Waals surface area contributed by atoms with Crippen LogP contribution in [0.25, 0.3) is 33.5 Å². The molecule has 13 heteroatoms. The van der Waals surface area contributed by atoms with Gasteiger partial charge in [0, 0.05) is 40.6 Å². The van der Waals surface area contributed by atoms with E-state index in [2.05, 4.69) is 26.0 Å². The van der Waals surface area contributed by atoms with Crippen molar-refractivity contribution < 1.29 is 23.6 Å². The van der Waals surface area contributed by atoms with E-state index in [1.807, 2.05) is 12.1 Å². The third-order valence-corrected chi connectivity index (χ3v) is 7.18. The van der Waals surface area contributed by atoms with Gasteiger partial charge in [0.25, 0.3) is 17.2 Å².